The summed E-state index contributed by atoms with van der Waals surface area (Å²) >= 11 is 0. The fourth-order valence-electron chi connectivity index (χ4n) is 3.12. The Hall–Kier alpha value is -1.06. The quantitative estimate of drug-likeness (QED) is 0.827. The van der Waals surface area contributed by atoms with Crippen molar-refractivity contribution in [2.45, 2.75) is 71.0 Å². The highest BCUT2D eigenvalue weighted by Gasteiger charge is 2.54. The summed E-state index contributed by atoms with van der Waals surface area (Å²) in [4.78, 5) is 26.7. The molecule has 0 aromatic carbocycles. The zero-order valence-electron chi connectivity index (χ0n) is 11.8. The Kier molecular flexibility index (Phi) is 3.39. The van der Waals surface area contributed by atoms with E-state index in [0.717, 1.165) is 12.8 Å². The monoisotopic (exact) mass is 252 g/mol. The lowest BCUT2D eigenvalue weighted by molar-refractivity contribution is -0.155. The fourth-order valence-corrected chi connectivity index (χ4v) is 3.12. The van der Waals surface area contributed by atoms with Crippen molar-refractivity contribution in [1.82, 2.24) is 10.2 Å². The average Bonchev–Trinajstić information content (AvgIpc) is 3.14. The molecule has 1 saturated heterocycles. The number of rotatable bonds is 4. The minimum atomic E-state index is -0.662. The molecule has 18 heavy (non-hydrogen) atoms. The van der Waals surface area contributed by atoms with Crippen LogP contribution < -0.4 is 5.32 Å². The smallest absolute Gasteiger partial charge is 0.249 e. The fraction of sp³-hybridized carbons (Fsp3) is 0.857. The van der Waals surface area contributed by atoms with Crippen molar-refractivity contribution >= 4 is 11.8 Å². The van der Waals surface area contributed by atoms with E-state index in [0.29, 0.717) is 24.8 Å². The van der Waals surface area contributed by atoms with Gasteiger partial charge in [-0.1, -0.05) is 27.2 Å². The Bertz CT molecular complexity index is 363. The first-order chi connectivity index (χ1) is 8.50. The van der Waals surface area contributed by atoms with Crippen LogP contribution in [-0.2, 0) is 9.59 Å². The molecule has 4 nitrogen and oxygen atoms in total. The van der Waals surface area contributed by atoms with Gasteiger partial charge in [-0.25, -0.2) is 0 Å². The van der Waals surface area contributed by atoms with Crippen LogP contribution in [-0.4, -0.2) is 34.3 Å². The van der Waals surface area contributed by atoms with Crippen molar-refractivity contribution in [1.29, 1.82) is 0 Å². The van der Waals surface area contributed by atoms with Gasteiger partial charge in [-0.15, -0.1) is 0 Å². The number of amides is 2. The first-order valence-corrected chi connectivity index (χ1v) is 7.15. The molecule has 0 aromatic rings. The van der Waals surface area contributed by atoms with Gasteiger partial charge in [0.15, 0.2) is 0 Å². The Morgan fingerprint density at radius 1 is 1.28 bits per heavy atom. The van der Waals surface area contributed by atoms with E-state index in [2.05, 4.69) is 12.2 Å². The lowest BCUT2D eigenvalue weighted by atomic mass is 9.87. The van der Waals surface area contributed by atoms with Gasteiger partial charge in [-0.3, -0.25) is 9.59 Å². The van der Waals surface area contributed by atoms with E-state index in [-0.39, 0.29) is 17.9 Å². The van der Waals surface area contributed by atoms with Crippen LogP contribution >= 0.6 is 0 Å². The summed E-state index contributed by atoms with van der Waals surface area (Å²) in [5.74, 6) is 0.717. The van der Waals surface area contributed by atoms with E-state index in [9.17, 15) is 9.59 Å². The van der Waals surface area contributed by atoms with Gasteiger partial charge in [0, 0.05) is 6.04 Å². The van der Waals surface area contributed by atoms with E-state index in [1.807, 2.05) is 25.7 Å². The highest BCUT2D eigenvalue weighted by molar-refractivity contribution is 6.00. The average molecular weight is 252 g/mol. The van der Waals surface area contributed by atoms with Crippen LogP contribution in [0, 0.1) is 5.92 Å². The molecule has 0 aromatic heterocycles. The molecule has 2 amide bonds. The van der Waals surface area contributed by atoms with Crippen LogP contribution in [0.5, 0.6) is 0 Å². The van der Waals surface area contributed by atoms with Crippen molar-refractivity contribution in [3.8, 4) is 0 Å². The Morgan fingerprint density at radius 3 is 2.33 bits per heavy atom. The highest BCUT2D eigenvalue weighted by Crippen LogP contribution is 2.42. The second-order valence-electron chi connectivity index (χ2n) is 5.64. The second kappa shape index (κ2) is 4.56. The minimum Gasteiger partial charge on any atom is -0.340 e. The molecule has 0 bridgehead atoms. The number of nitrogens with zero attached hydrogens (tertiary/aromatic N) is 1. The normalized spacial score (nSPS) is 34.4. The molecule has 1 saturated carbocycles. The molecule has 0 radical (unpaired) electrons. The minimum absolute atomic E-state index is 0.0000491. The molecule has 1 aliphatic heterocycles. The predicted octanol–water partition coefficient (Wildman–Crippen LogP) is 1.69. The van der Waals surface area contributed by atoms with Crippen LogP contribution in [0.15, 0.2) is 0 Å². The molecular weight excluding hydrogens is 228 g/mol. The van der Waals surface area contributed by atoms with Crippen LogP contribution in [0.2, 0.25) is 0 Å². The SMILES string of the molecule is CCC1CC1N1C(=O)C(CC)(CC)NC(=O)C1C. The van der Waals surface area contributed by atoms with Crippen molar-refractivity contribution in [2.75, 3.05) is 0 Å². The summed E-state index contributed by atoms with van der Waals surface area (Å²) in [6.07, 6.45) is 3.49. The topological polar surface area (TPSA) is 49.4 Å². The van der Waals surface area contributed by atoms with Gasteiger partial charge in [0.1, 0.15) is 11.6 Å². The number of piperazine rings is 1. The van der Waals surface area contributed by atoms with Crippen LogP contribution in [0.25, 0.3) is 0 Å². The maximum absolute atomic E-state index is 12.7. The zero-order chi connectivity index (χ0) is 13.5. The number of hydrogen-bond acceptors (Lipinski definition) is 2. The molecule has 2 fully saturated rings. The van der Waals surface area contributed by atoms with Crippen LogP contribution in [0.3, 0.4) is 0 Å². The molecule has 4 heteroatoms. The third kappa shape index (κ3) is 1.82. The molecule has 3 unspecified atom stereocenters. The summed E-state index contributed by atoms with van der Waals surface area (Å²) in [7, 11) is 0. The molecule has 102 valence electrons. The van der Waals surface area contributed by atoms with E-state index in [1.54, 1.807) is 0 Å². The van der Waals surface area contributed by atoms with Crippen molar-refractivity contribution < 1.29 is 9.59 Å². The van der Waals surface area contributed by atoms with Gasteiger partial charge < -0.3 is 10.2 Å². The summed E-state index contributed by atoms with van der Waals surface area (Å²) in [6.45, 7) is 7.93. The maximum atomic E-state index is 12.7. The molecule has 2 rings (SSSR count). The summed E-state index contributed by atoms with van der Waals surface area (Å²) in [5, 5.41) is 2.94. The first kappa shape index (κ1) is 13.4. The molecule has 3 atom stereocenters. The van der Waals surface area contributed by atoms with Crippen LogP contribution in [0.1, 0.15) is 53.4 Å². The van der Waals surface area contributed by atoms with Gasteiger partial charge in [0.05, 0.1) is 0 Å². The number of hydrogen-bond donors (Lipinski definition) is 1. The standard InChI is InChI=1S/C14H24N2O2/c1-5-10-8-11(10)16-9(4)12(17)15-14(6-2,7-3)13(16)18/h9-11H,5-8H2,1-4H3,(H,15,17). The first-order valence-electron chi connectivity index (χ1n) is 7.15. The number of carbonyl (C=O) groups is 2. The van der Waals surface area contributed by atoms with Gasteiger partial charge in [-0.2, -0.15) is 0 Å². The summed E-state index contributed by atoms with van der Waals surface area (Å²) in [5.41, 5.74) is -0.662. The molecule has 0 spiro atoms. The molecule has 1 heterocycles. The molecule has 1 N–H and O–H groups in total. The van der Waals surface area contributed by atoms with Gasteiger partial charge >= 0.3 is 0 Å². The van der Waals surface area contributed by atoms with E-state index in [4.69, 9.17) is 0 Å². The van der Waals surface area contributed by atoms with Gasteiger partial charge in [-0.05, 0) is 32.1 Å². The third-order valence-electron chi connectivity index (χ3n) is 4.78. The van der Waals surface area contributed by atoms with Crippen molar-refractivity contribution in [2.24, 2.45) is 5.92 Å². The van der Waals surface area contributed by atoms with Gasteiger partial charge in [0.25, 0.3) is 0 Å². The third-order valence-corrected chi connectivity index (χ3v) is 4.78. The van der Waals surface area contributed by atoms with E-state index < -0.39 is 5.54 Å². The largest absolute Gasteiger partial charge is 0.340 e. The molecule has 1 aliphatic carbocycles. The molecule has 2 aliphatic rings. The van der Waals surface area contributed by atoms with Crippen molar-refractivity contribution in [3.63, 3.8) is 0 Å². The Morgan fingerprint density at radius 2 is 1.89 bits per heavy atom. The van der Waals surface area contributed by atoms with E-state index >= 15 is 0 Å². The number of nitrogens with one attached hydrogen (secondary N) is 1. The predicted molar refractivity (Wildman–Crippen MR) is 69.9 cm³/mol. The highest BCUT2D eigenvalue weighted by atomic mass is 16.2. The molecular formula is C14H24N2O2. The summed E-state index contributed by atoms with van der Waals surface area (Å²) in [6, 6.07) is -0.0219. The Balaban J connectivity index is 2.26. The maximum Gasteiger partial charge on any atom is 0.249 e. The second-order valence-corrected chi connectivity index (χ2v) is 5.64. The Labute approximate surface area is 109 Å². The van der Waals surface area contributed by atoms with Gasteiger partial charge in [0.2, 0.25) is 11.8 Å². The number of carbonyl (C=O) groups excluding carboxylic acids is 2. The zero-order valence-corrected chi connectivity index (χ0v) is 11.8. The van der Waals surface area contributed by atoms with E-state index in [1.165, 1.54) is 0 Å². The summed E-state index contributed by atoms with van der Waals surface area (Å²) < 4.78 is 0. The van der Waals surface area contributed by atoms with Crippen molar-refractivity contribution in [3.05, 3.63) is 0 Å². The lowest BCUT2D eigenvalue weighted by Gasteiger charge is -2.45. The lowest BCUT2D eigenvalue weighted by Crippen LogP contribution is -2.70. The van der Waals surface area contributed by atoms with Crippen LogP contribution in [0.4, 0.5) is 0 Å².